The molecule has 2 aromatic rings. The smallest absolute Gasteiger partial charge is 0.282 e. The van der Waals surface area contributed by atoms with Crippen LogP contribution in [0.1, 0.15) is 26.3 Å². The van der Waals surface area contributed by atoms with Crippen LogP contribution in [0, 0.1) is 0 Å². The van der Waals surface area contributed by atoms with Gasteiger partial charge in [0.25, 0.3) is 5.91 Å². The van der Waals surface area contributed by atoms with Gasteiger partial charge in [-0.3, -0.25) is 4.79 Å². The summed E-state index contributed by atoms with van der Waals surface area (Å²) in [5.74, 6) is 1.53. The van der Waals surface area contributed by atoms with Crippen LogP contribution in [0.2, 0.25) is 0 Å². The van der Waals surface area contributed by atoms with Gasteiger partial charge in [0.1, 0.15) is 18.0 Å². The van der Waals surface area contributed by atoms with Crippen molar-refractivity contribution in [3.05, 3.63) is 54.1 Å². The number of amides is 1. The highest BCUT2D eigenvalue weighted by Gasteiger charge is 2.23. The Morgan fingerprint density at radius 3 is 2.35 bits per heavy atom. The van der Waals surface area contributed by atoms with Crippen LogP contribution in [0.4, 0.5) is 5.69 Å². The van der Waals surface area contributed by atoms with Crippen molar-refractivity contribution in [2.75, 3.05) is 25.6 Å². The minimum absolute atomic E-state index is 0.0272. The van der Waals surface area contributed by atoms with Crippen LogP contribution >= 0.6 is 0 Å². The van der Waals surface area contributed by atoms with Gasteiger partial charge < -0.3 is 19.7 Å². The summed E-state index contributed by atoms with van der Waals surface area (Å²) in [4.78, 5) is 13.7. The molecule has 1 unspecified atom stereocenters. The molecule has 2 aromatic carbocycles. The number of anilines is 1. The highest BCUT2D eigenvalue weighted by atomic mass is 16.5. The highest BCUT2D eigenvalue weighted by Crippen LogP contribution is 2.23. The van der Waals surface area contributed by atoms with E-state index >= 15 is 0 Å². The summed E-state index contributed by atoms with van der Waals surface area (Å²) in [5, 5.41) is 2.98. The summed E-state index contributed by atoms with van der Waals surface area (Å²) in [7, 11) is 2.02. The molecule has 2 N–H and O–H groups in total. The van der Waals surface area contributed by atoms with E-state index in [2.05, 4.69) is 5.32 Å². The molecular weight excluding hydrogens is 328 g/mol. The Hall–Kier alpha value is -2.53. The Balaban J connectivity index is 1.96. The highest BCUT2D eigenvalue weighted by molar-refractivity contribution is 5.94. The number of quaternary nitrogens is 1. The van der Waals surface area contributed by atoms with Gasteiger partial charge in [-0.25, -0.2) is 0 Å². The first-order valence-corrected chi connectivity index (χ1v) is 9.11. The van der Waals surface area contributed by atoms with Crippen LogP contribution in [-0.4, -0.2) is 32.2 Å². The molecule has 0 aliphatic rings. The lowest BCUT2D eigenvalue weighted by Gasteiger charge is -2.22. The number of nitrogens with one attached hydrogen (secondary N) is 2. The molecule has 0 aromatic heterocycles. The number of ether oxygens (including phenoxy) is 2. The summed E-state index contributed by atoms with van der Waals surface area (Å²) in [5.41, 5.74) is 1.88. The summed E-state index contributed by atoms with van der Waals surface area (Å²) in [6.45, 7) is 7.80. The Bertz CT molecular complexity index is 701. The van der Waals surface area contributed by atoms with E-state index in [4.69, 9.17) is 9.47 Å². The average Bonchev–Trinajstić information content (AvgIpc) is 2.64. The number of hydrogen-bond acceptors (Lipinski definition) is 3. The monoisotopic (exact) mass is 357 g/mol. The van der Waals surface area contributed by atoms with Gasteiger partial charge in [0.05, 0.1) is 25.9 Å². The zero-order valence-corrected chi connectivity index (χ0v) is 16.0. The van der Waals surface area contributed by atoms with E-state index in [9.17, 15) is 4.79 Å². The molecule has 1 amide bonds. The van der Waals surface area contributed by atoms with E-state index in [1.54, 1.807) is 0 Å². The topological polar surface area (TPSA) is 52.0 Å². The van der Waals surface area contributed by atoms with Gasteiger partial charge in [-0.05, 0) is 57.2 Å². The zero-order valence-electron chi connectivity index (χ0n) is 16.0. The van der Waals surface area contributed by atoms with E-state index in [0.29, 0.717) is 24.7 Å². The molecular formula is C21H29N2O3+. The summed E-state index contributed by atoms with van der Waals surface area (Å²) in [6.07, 6.45) is 0. The molecule has 0 bridgehead atoms. The lowest BCUT2D eigenvalue weighted by molar-refractivity contribution is -0.907. The molecule has 140 valence electrons. The minimum Gasteiger partial charge on any atom is -0.494 e. The van der Waals surface area contributed by atoms with E-state index in [-0.39, 0.29) is 11.9 Å². The lowest BCUT2D eigenvalue weighted by Crippen LogP contribution is -3.12. The first kappa shape index (κ1) is 19.8. The fraction of sp³-hybridized carbons (Fsp3) is 0.381. The maximum Gasteiger partial charge on any atom is 0.282 e. The molecule has 0 saturated heterocycles. The molecule has 0 aliphatic heterocycles. The van der Waals surface area contributed by atoms with Crippen molar-refractivity contribution in [1.82, 2.24) is 0 Å². The Morgan fingerprint density at radius 2 is 1.69 bits per heavy atom. The predicted octanol–water partition coefficient (Wildman–Crippen LogP) is 2.53. The maximum atomic E-state index is 12.6. The number of para-hydroxylation sites is 2. The van der Waals surface area contributed by atoms with Crippen molar-refractivity contribution in [2.45, 2.75) is 33.4 Å². The minimum atomic E-state index is -0.198. The molecule has 0 aliphatic carbocycles. The fourth-order valence-corrected chi connectivity index (χ4v) is 2.66. The summed E-state index contributed by atoms with van der Waals surface area (Å²) in [6, 6.07) is 15.3. The molecule has 0 fully saturated rings. The first-order valence-electron chi connectivity index (χ1n) is 9.11. The van der Waals surface area contributed by atoms with E-state index in [0.717, 1.165) is 17.2 Å². The van der Waals surface area contributed by atoms with Crippen molar-refractivity contribution in [3.8, 4) is 11.5 Å². The second-order valence-corrected chi connectivity index (χ2v) is 6.24. The van der Waals surface area contributed by atoms with Crippen molar-refractivity contribution >= 4 is 11.6 Å². The number of likely N-dealkylation sites (N-methyl/N-ethyl adjacent to an activating group) is 1. The van der Waals surface area contributed by atoms with Crippen molar-refractivity contribution in [2.24, 2.45) is 0 Å². The van der Waals surface area contributed by atoms with E-state index < -0.39 is 0 Å². The quantitative estimate of drug-likeness (QED) is 0.725. The molecule has 0 saturated carbocycles. The van der Waals surface area contributed by atoms with Gasteiger partial charge in [0.15, 0.2) is 6.04 Å². The largest absolute Gasteiger partial charge is 0.494 e. The number of benzene rings is 2. The SMILES string of the molecule is CCOc1ccc(C[NH+](C)[C@H](C)C(=O)Nc2ccccc2OCC)cc1. The number of carbonyl (C=O) groups excluding carboxylic acids is 1. The van der Waals surface area contributed by atoms with Crippen molar-refractivity contribution in [3.63, 3.8) is 0 Å². The third-order valence-corrected chi connectivity index (χ3v) is 4.29. The van der Waals surface area contributed by atoms with E-state index in [1.165, 1.54) is 5.56 Å². The van der Waals surface area contributed by atoms with Crippen LogP contribution in [-0.2, 0) is 11.3 Å². The average molecular weight is 357 g/mol. The maximum absolute atomic E-state index is 12.6. The van der Waals surface area contributed by atoms with E-state index in [1.807, 2.05) is 76.3 Å². The summed E-state index contributed by atoms with van der Waals surface area (Å²) >= 11 is 0. The van der Waals surface area contributed by atoms with Gasteiger partial charge in [-0.2, -0.15) is 0 Å². The number of rotatable bonds is 9. The lowest BCUT2D eigenvalue weighted by atomic mass is 10.1. The Kier molecular flexibility index (Phi) is 7.48. The zero-order chi connectivity index (χ0) is 18.9. The van der Waals surface area contributed by atoms with Gasteiger partial charge in [-0.15, -0.1) is 0 Å². The predicted molar refractivity (Wildman–Crippen MR) is 104 cm³/mol. The van der Waals surface area contributed by atoms with Crippen LogP contribution < -0.4 is 19.7 Å². The molecule has 5 heteroatoms. The molecule has 0 radical (unpaired) electrons. The third-order valence-electron chi connectivity index (χ3n) is 4.29. The van der Waals surface area contributed by atoms with Crippen LogP contribution in [0.5, 0.6) is 11.5 Å². The number of carbonyl (C=O) groups is 1. The van der Waals surface area contributed by atoms with Gasteiger partial charge >= 0.3 is 0 Å². The third kappa shape index (κ3) is 5.49. The summed E-state index contributed by atoms with van der Waals surface area (Å²) < 4.78 is 11.0. The fourth-order valence-electron chi connectivity index (χ4n) is 2.66. The molecule has 0 spiro atoms. The normalized spacial score (nSPS) is 12.9. The second kappa shape index (κ2) is 9.82. The van der Waals surface area contributed by atoms with Gasteiger partial charge in [0.2, 0.25) is 0 Å². The standard InChI is InChI=1S/C21H28N2O3/c1-5-25-18-13-11-17(12-14-18)15-23(4)16(3)21(24)22-19-9-7-8-10-20(19)26-6-2/h7-14,16H,5-6,15H2,1-4H3,(H,22,24)/p+1/t16-/m1/s1. The van der Waals surface area contributed by atoms with Crippen LogP contribution in [0.3, 0.4) is 0 Å². The Morgan fingerprint density at radius 1 is 1.04 bits per heavy atom. The molecule has 26 heavy (non-hydrogen) atoms. The second-order valence-electron chi connectivity index (χ2n) is 6.24. The Labute approximate surface area is 155 Å². The van der Waals surface area contributed by atoms with Gasteiger partial charge in [-0.1, -0.05) is 12.1 Å². The van der Waals surface area contributed by atoms with Crippen molar-refractivity contribution < 1.29 is 19.2 Å². The van der Waals surface area contributed by atoms with Crippen LogP contribution in [0.15, 0.2) is 48.5 Å². The molecule has 0 heterocycles. The van der Waals surface area contributed by atoms with Crippen molar-refractivity contribution in [1.29, 1.82) is 0 Å². The molecule has 5 nitrogen and oxygen atoms in total. The number of hydrogen-bond donors (Lipinski definition) is 2. The van der Waals surface area contributed by atoms with Gasteiger partial charge in [0, 0.05) is 5.56 Å². The first-order chi connectivity index (χ1) is 12.5. The van der Waals surface area contributed by atoms with Crippen LogP contribution in [0.25, 0.3) is 0 Å². The molecule has 2 atom stereocenters. The molecule has 2 rings (SSSR count).